The lowest BCUT2D eigenvalue weighted by atomic mass is 10.2. The molecule has 1 aromatic carbocycles. The summed E-state index contributed by atoms with van der Waals surface area (Å²) >= 11 is 0. The molecule has 11 heteroatoms. The van der Waals surface area contributed by atoms with E-state index in [1.807, 2.05) is 11.8 Å². The summed E-state index contributed by atoms with van der Waals surface area (Å²) in [5.74, 6) is 0.697. The summed E-state index contributed by atoms with van der Waals surface area (Å²) in [6, 6.07) is 4.77. The maximum Gasteiger partial charge on any atom is 0.387 e. The van der Waals surface area contributed by atoms with Crippen molar-refractivity contribution in [3.05, 3.63) is 36.2 Å². The third kappa shape index (κ3) is 5.62. The standard InChI is InChI=1S/C20H26F2N6O3/c1-4-23-20(24-10-14-5-6-16(30-3)17(9-14)31-19(21)22)27-7-8-28(18(29)13-27)15-11-25-26(2)12-15/h5-6,9,11-12,19H,4,7-8,10,13H2,1-3H3,(H,23,24). The molecule has 1 aromatic heterocycles. The lowest BCUT2D eigenvalue weighted by Crippen LogP contribution is -2.55. The second-order valence-electron chi connectivity index (χ2n) is 6.87. The van der Waals surface area contributed by atoms with Crippen LogP contribution in [0.15, 0.2) is 35.6 Å². The van der Waals surface area contributed by atoms with Gasteiger partial charge in [0.15, 0.2) is 17.5 Å². The van der Waals surface area contributed by atoms with Gasteiger partial charge in [0.25, 0.3) is 0 Å². The van der Waals surface area contributed by atoms with E-state index in [0.29, 0.717) is 31.2 Å². The van der Waals surface area contributed by atoms with Gasteiger partial charge in [0.05, 0.1) is 25.5 Å². The number of methoxy groups -OCH3 is 1. The third-order valence-electron chi connectivity index (χ3n) is 4.71. The van der Waals surface area contributed by atoms with E-state index in [9.17, 15) is 13.6 Å². The van der Waals surface area contributed by atoms with Crippen molar-refractivity contribution >= 4 is 17.6 Å². The van der Waals surface area contributed by atoms with Crippen molar-refractivity contribution in [1.82, 2.24) is 20.0 Å². The Morgan fingerprint density at radius 3 is 2.74 bits per heavy atom. The van der Waals surface area contributed by atoms with Gasteiger partial charge >= 0.3 is 6.61 Å². The molecule has 1 aliphatic rings. The maximum absolute atomic E-state index is 12.7. The summed E-state index contributed by atoms with van der Waals surface area (Å²) in [4.78, 5) is 20.8. The number of hydrogen-bond acceptors (Lipinski definition) is 5. The Morgan fingerprint density at radius 2 is 2.13 bits per heavy atom. The van der Waals surface area contributed by atoms with E-state index in [2.05, 4.69) is 20.1 Å². The average molecular weight is 436 g/mol. The number of benzene rings is 1. The van der Waals surface area contributed by atoms with Gasteiger partial charge in [-0.05, 0) is 24.6 Å². The Kier molecular flexibility index (Phi) is 7.27. The first-order chi connectivity index (χ1) is 14.9. The molecule has 0 spiro atoms. The van der Waals surface area contributed by atoms with E-state index in [1.54, 1.807) is 41.2 Å². The molecule has 1 amide bonds. The predicted molar refractivity (Wildman–Crippen MR) is 112 cm³/mol. The van der Waals surface area contributed by atoms with E-state index >= 15 is 0 Å². The van der Waals surface area contributed by atoms with Gasteiger partial charge < -0.3 is 24.6 Å². The van der Waals surface area contributed by atoms with Crippen LogP contribution in [0.2, 0.25) is 0 Å². The Hall–Kier alpha value is -3.37. The van der Waals surface area contributed by atoms with Crippen molar-refractivity contribution in [2.24, 2.45) is 12.0 Å². The SMILES string of the molecule is CCNC(=NCc1ccc(OC)c(OC(F)F)c1)N1CCN(c2cnn(C)c2)C(=O)C1. The number of ether oxygens (including phenoxy) is 2. The molecule has 3 rings (SSSR count). The zero-order valence-electron chi connectivity index (χ0n) is 17.7. The molecule has 1 aliphatic heterocycles. The number of nitrogens with zero attached hydrogens (tertiary/aromatic N) is 5. The lowest BCUT2D eigenvalue weighted by molar-refractivity contribution is -0.120. The number of nitrogens with one attached hydrogen (secondary N) is 1. The second-order valence-corrected chi connectivity index (χ2v) is 6.87. The summed E-state index contributed by atoms with van der Waals surface area (Å²) in [7, 11) is 3.19. The van der Waals surface area contributed by atoms with Crippen LogP contribution in [0, 0.1) is 0 Å². The van der Waals surface area contributed by atoms with Gasteiger partial charge in [-0.2, -0.15) is 13.9 Å². The van der Waals surface area contributed by atoms with Crippen LogP contribution < -0.4 is 19.7 Å². The van der Waals surface area contributed by atoms with Crippen molar-refractivity contribution in [3.63, 3.8) is 0 Å². The molecule has 2 heterocycles. The summed E-state index contributed by atoms with van der Waals surface area (Å²) in [6.07, 6.45) is 3.46. The summed E-state index contributed by atoms with van der Waals surface area (Å²) in [6.45, 7) is 1.10. The Balaban J connectivity index is 1.71. The van der Waals surface area contributed by atoms with E-state index < -0.39 is 6.61 Å². The van der Waals surface area contributed by atoms with Gasteiger partial charge in [0.2, 0.25) is 5.91 Å². The van der Waals surface area contributed by atoms with Crippen molar-refractivity contribution in [3.8, 4) is 11.5 Å². The third-order valence-corrected chi connectivity index (χ3v) is 4.71. The molecular weight excluding hydrogens is 410 g/mol. The summed E-state index contributed by atoms with van der Waals surface area (Å²) in [5, 5.41) is 7.30. The molecule has 1 fully saturated rings. The number of hydrogen-bond donors (Lipinski definition) is 1. The number of carbonyl (C=O) groups is 1. The maximum atomic E-state index is 12.7. The Labute approximate surface area is 179 Å². The summed E-state index contributed by atoms with van der Waals surface area (Å²) < 4.78 is 36.5. The van der Waals surface area contributed by atoms with Crippen molar-refractivity contribution in [2.45, 2.75) is 20.1 Å². The normalized spacial score (nSPS) is 14.9. The molecule has 168 valence electrons. The first-order valence-corrected chi connectivity index (χ1v) is 9.85. The van der Waals surface area contributed by atoms with Gasteiger partial charge in [-0.15, -0.1) is 0 Å². The number of halogens is 2. The molecule has 0 radical (unpaired) electrons. The highest BCUT2D eigenvalue weighted by molar-refractivity contribution is 5.98. The second kappa shape index (κ2) is 10.1. The number of alkyl halides is 2. The van der Waals surface area contributed by atoms with Crippen LogP contribution in [0.5, 0.6) is 11.5 Å². The van der Waals surface area contributed by atoms with Crippen LogP contribution in [0.3, 0.4) is 0 Å². The monoisotopic (exact) mass is 436 g/mol. The highest BCUT2D eigenvalue weighted by Crippen LogP contribution is 2.29. The number of aryl methyl sites for hydroxylation is 1. The van der Waals surface area contributed by atoms with E-state index in [4.69, 9.17) is 4.74 Å². The fourth-order valence-electron chi connectivity index (χ4n) is 3.27. The minimum atomic E-state index is -2.95. The Bertz CT molecular complexity index is 933. The number of piperazine rings is 1. The smallest absolute Gasteiger partial charge is 0.387 e. The van der Waals surface area contributed by atoms with E-state index in [-0.39, 0.29) is 30.5 Å². The molecule has 0 saturated carbocycles. The zero-order valence-corrected chi connectivity index (χ0v) is 17.7. The number of anilines is 1. The number of rotatable bonds is 7. The largest absolute Gasteiger partial charge is 0.493 e. The Morgan fingerprint density at radius 1 is 1.32 bits per heavy atom. The topological polar surface area (TPSA) is 84.2 Å². The zero-order chi connectivity index (χ0) is 22.4. The molecule has 0 unspecified atom stereocenters. The molecule has 2 aromatic rings. The molecule has 1 N–H and O–H groups in total. The van der Waals surface area contributed by atoms with Crippen LogP contribution in [-0.2, 0) is 18.4 Å². The highest BCUT2D eigenvalue weighted by Gasteiger charge is 2.27. The van der Waals surface area contributed by atoms with Crippen LogP contribution in [0.4, 0.5) is 14.5 Å². The van der Waals surface area contributed by atoms with Crippen LogP contribution in [-0.4, -0.2) is 66.4 Å². The van der Waals surface area contributed by atoms with E-state index in [0.717, 1.165) is 5.69 Å². The predicted octanol–water partition coefficient (Wildman–Crippen LogP) is 1.84. The van der Waals surface area contributed by atoms with Crippen molar-refractivity contribution in [1.29, 1.82) is 0 Å². The van der Waals surface area contributed by atoms with Gasteiger partial charge in [-0.25, -0.2) is 4.99 Å². The first-order valence-electron chi connectivity index (χ1n) is 9.85. The average Bonchev–Trinajstić information content (AvgIpc) is 3.16. The molecular formula is C20H26F2N6O3. The van der Waals surface area contributed by atoms with Crippen LogP contribution >= 0.6 is 0 Å². The van der Waals surface area contributed by atoms with E-state index in [1.165, 1.54) is 13.2 Å². The quantitative estimate of drug-likeness (QED) is 0.527. The van der Waals surface area contributed by atoms with Crippen molar-refractivity contribution in [2.75, 3.05) is 38.2 Å². The van der Waals surface area contributed by atoms with Crippen molar-refractivity contribution < 1.29 is 23.0 Å². The first kappa shape index (κ1) is 22.3. The highest BCUT2D eigenvalue weighted by atomic mass is 19.3. The van der Waals surface area contributed by atoms with Gasteiger partial charge in [0.1, 0.15) is 6.54 Å². The summed E-state index contributed by atoms with van der Waals surface area (Å²) in [5.41, 5.74) is 1.44. The minimum Gasteiger partial charge on any atom is -0.493 e. The number of carbonyl (C=O) groups excluding carboxylic acids is 1. The molecule has 31 heavy (non-hydrogen) atoms. The van der Waals surface area contributed by atoms with Gasteiger partial charge in [-0.3, -0.25) is 9.48 Å². The molecule has 0 aliphatic carbocycles. The fraction of sp³-hybridized carbons (Fsp3) is 0.450. The number of amides is 1. The molecule has 0 bridgehead atoms. The molecule has 1 saturated heterocycles. The van der Waals surface area contributed by atoms with Gasteiger partial charge in [0, 0.05) is 32.9 Å². The fourth-order valence-corrected chi connectivity index (χ4v) is 3.27. The number of aromatic nitrogens is 2. The van der Waals surface area contributed by atoms with Crippen LogP contribution in [0.1, 0.15) is 12.5 Å². The number of aliphatic imine (C=N–C) groups is 1. The van der Waals surface area contributed by atoms with Gasteiger partial charge in [-0.1, -0.05) is 6.07 Å². The number of guanidine groups is 1. The molecule has 9 nitrogen and oxygen atoms in total. The van der Waals surface area contributed by atoms with Crippen LogP contribution in [0.25, 0.3) is 0 Å². The lowest BCUT2D eigenvalue weighted by Gasteiger charge is -2.35. The molecule has 0 atom stereocenters. The minimum absolute atomic E-state index is 0.0459.